The number of carboxylic acids is 1. The second-order valence-corrected chi connectivity index (χ2v) is 4.84. The summed E-state index contributed by atoms with van der Waals surface area (Å²) < 4.78 is 0. The fourth-order valence-corrected chi connectivity index (χ4v) is 1.81. The lowest BCUT2D eigenvalue weighted by molar-refractivity contribution is -0.137. The number of rotatable bonds is 9. The smallest absolute Gasteiger partial charge is 0.303 e. The third-order valence-electron chi connectivity index (χ3n) is 2.73. The molecule has 0 spiro atoms. The van der Waals surface area contributed by atoms with Crippen LogP contribution in [0.3, 0.4) is 0 Å². The lowest BCUT2D eigenvalue weighted by Crippen LogP contribution is -2.16. The van der Waals surface area contributed by atoms with Crippen molar-refractivity contribution in [2.75, 3.05) is 0 Å². The quantitative estimate of drug-likeness (QED) is 0.317. The number of unbranched alkanes of at least 4 members (excludes halogenated alkanes) is 3. The Bertz CT molecular complexity index is 506. The number of aromatic nitrogens is 1. The standard InChI is InChI=1S/C14H18ClN3O3/c15-14-11(6-5-9-16-14)10-17-18-12(19)7-3-1-2-4-8-13(20)21/h5-6,9-10H,1-4,7-8H2,(H,18,19)(H,20,21)/b17-10+. The number of pyridine rings is 1. The lowest BCUT2D eigenvalue weighted by atomic mass is 10.1. The molecule has 0 aliphatic carbocycles. The fraction of sp³-hybridized carbons (Fsp3) is 0.429. The van der Waals surface area contributed by atoms with E-state index in [1.54, 1.807) is 18.3 Å². The van der Waals surface area contributed by atoms with Gasteiger partial charge in [-0.1, -0.05) is 24.4 Å². The molecule has 0 aliphatic rings. The zero-order valence-electron chi connectivity index (χ0n) is 11.6. The third kappa shape index (κ3) is 8.04. The Hall–Kier alpha value is -1.95. The van der Waals surface area contributed by atoms with Gasteiger partial charge in [0, 0.05) is 24.6 Å². The molecule has 1 aromatic rings. The van der Waals surface area contributed by atoms with E-state index in [0.29, 0.717) is 30.0 Å². The van der Waals surface area contributed by atoms with Crippen LogP contribution in [0.2, 0.25) is 5.15 Å². The highest BCUT2D eigenvalue weighted by Gasteiger charge is 2.01. The molecule has 114 valence electrons. The van der Waals surface area contributed by atoms with Gasteiger partial charge in [-0.25, -0.2) is 10.4 Å². The zero-order valence-corrected chi connectivity index (χ0v) is 12.3. The van der Waals surface area contributed by atoms with Gasteiger partial charge in [-0.05, 0) is 25.0 Å². The van der Waals surface area contributed by atoms with Crippen LogP contribution in [0.5, 0.6) is 0 Å². The molecule has 1 aromatic heterocycles. The van der Waals surface area contributed by atoms with Gasteiger partial charge in [-0.3, -0.25) is 9.59 Å². The maximum absolute atomic E-state index is 11.5. The van der Waals surface area contributed by atoms with E-state index in [9.17, 15) is 9.59 Å². The van der Waals surface area contributed by atoms with Gasteiger partial charge in [-0.2, -0.15) is 5.10 Å². The molecule has 0 saturated carbocycles. The predicted molar refractivity (Wildman–Crippen MR) is 80.3 cm³/mol. The molecule has 2 N–H and O–H groups in total. The fourth-order valence-electron chi connectivity index (χ4n) is 1.64. The summed E-state index contributed by atoms with van der Waals surface area (Å²) in [6.45, 7) is 0. The van der Waals surface area contributed by atoms with Crippen molar-refractivity contribution in [1.29, 1.82) is 0 Å². The molecule has 7 heteroatoms. The molecule has 1 rings (SSSR count). The van der Waals surface area contributed by atoms with Crippen LogP contribution in [0.4, 0.5) is 0 Å². The van der Waals surface area contributed by atoms with Crippen LogP contribution >= 0.6 is 11.6 Å². The molecular weight excluding hydrogens is 294 g/mol. The maximum atomic E-state index is 11.5. The number of amides is 1. The van der Waals surface area contributed by atoms with Gasteiger partial charge in [0.2, 0.25) is 5.91 Å². The summed E-state index contributed by atoms with van der Waals surface area (Å²) in [4.78, 5) is 25.7. The Morgan fingerprint density at radius 2 is 2.00 bits per heavy atom. The van der Waals surface area contributed by atoms with E-state index >= 15 is 0 Å². The van der Waals surface area contributed by atoms with Gasteiger partial charge in [0.1, 0.15) is 5.15 Å². The number of nitrogens with one attached hydrogen (secondary N) is 1. The monoisotopic (exact) mass is 311 g/mol. The summed E-state index contributed by atoms with van der Waals surface area (Å²) in [6, 6.07) is 3.47. The zero-order chi connectivity index (χ0) is 15.5. The predicted octanol–water partition coefficient (Wildman–Crippen LogP) is 2.61. The summed E-state index contributed by atoms with van der Waals surface area (Å²) in [5, 5.41) is 12.6. The number of carbonyl (C=O) groups excluding carboxylic acids is 1. The van der Waals surface area contributed by atoms with E-state index in [1.165, 1.54) is 6.21 Å². The van der Waals surface area contributed by atoms with Crippen LogP contribution in [0.25, 0.3) is 0 Å². The van der Waals surface area contributed by atoms with Crippen molar-refractivity contribution < 1.29 is 14.7 Å². The topological polar surface area (TPSA) is 91.6 Å². The summed E-state index contributed by atoms with van der Waals surface area (Å²) in [5.41, 5.74) is 3.05. The summed E-state index contributed by atoms with van der Waals surface area (Å²) in [6.07, 6.45) is 6.58. The van der Waals surface area contributed by atoms with Gasteiger partial charge < -0.3 is 5.11 Å². The van der Waals surface area contributed by atoms with E-state index < -0.39 is 5.97 Å². The molecule has 0 aliphatic heterocycles. The van der Waals surface area contributed by atoms with Crippen LogP contribution < -0.4 is 5.43 Å². The highest BCUT2D eigenvalue weighted by molar-refractivity contribution is 6.31. The molecule has 0 radical (unpaired) electrons. The first-order chi connectivity index (χ1) is 10.1. The second-order valence-electron chi connectivity index (χ2n) is 4.48. The minimum Gasteiger partial charge on any atom is -0.481 e. The van der Waals surface area contributed by atoms with Gasteiger partial charge in [0.15, 0.2) is 0 Å². The molecule has 0 atom stereocenters. The van der Waals surface area contributed by atoms with E-state index in [2.05, 4.69) is 15.5 Å². The SMILES string of the molecule is O=C(O)CCCCCCC(=O)N/N=C/c1cccnc1Cl. The van der Waals surface area contributed by atoms with Crippen molar-refractivity contribution in [1.82, 2.24) is 10.4 Å². The van der Waals surface area contributed by atoms with Gasteiger partial charge in [-0.15, -0.1) is 0 Å². The minimum absolute atomic E-state index is 0.176. The molecule has 0 bridgehead atoms. The van der Waals surface area contributed by atoms with Crippen LogP contribution in [-0.2, 0) is 9.59 Å². The van der Waals surface area contributed by atoms with Crippen LogP contribution in [0.15, 0.2) is 23.4 Å². The Labute approximate surface area is 128 Å². The van der Waals surface area contributed by atoms with Crippen molar-refractivity contribution in [2.24, 2.45) is 5.10 Å². The molecule has 0 saturated heterocycles. The summed E-state index contributed by atoms with van der Waals surface area (Å²) >= 11 is 5.84. The Balaban J connectivity index is 2.14. The third-order valence-corrected chi connectivity index (χ3v) is 3.04. The van der Waals surface area contributed by atoms with Crippen LogP contribution in [0, 0.1) is 0 Å². The lowest BCUT2D eigenvalue weighted by Gasteiger charge is -2.00. The Morgan fingerprint density at radius 1 is 1.29 bits per heavy atom. The average Bonchev–Trinajstić information content (AvgIpc) is 2.44. The molecule has 0 aromatic carbocycles. The van der Waals surface area contributed by atoms with E-state index in [0.717, 1.165) is 12.8 Å². The largest absolute Gasteiger partial charge is 0.481 e. The van der Waals surface area contributed by atoms with Crippen molar-refractivity contribution in [3.05, 3.63) is 29.0 Å². The highest BCUT2D eigenvalue weighted by atomic mass is 35.5. The first-order valence-corrected chi connectivity index (χ1v) is 7.11. The first-order valence-electron chi connectivity index (χ1n) is 6.74. The van der Waals surface area contributed by atoms with Crippen molar-refractivity contribution in [2.45, 2.75) is 38.5 Å². The second kappa shape index (κ2) is 9.88. The van der Waals surface area contributed by atoms with Crippen molar-refractivity contribution in [3.8, 4) is 0 Å². The van der Waals surface area contributed by atoms with Crippen LogP contribution in [0.1, 0.15) is 44.1 Å². The minimum atomic E-state index is -0.781. The van der Waals surface area contributed by atoms with Crippen molar-refractivity contribution in [3.63, 3.8) is 0 Å². The summed E-state index contributed by atoms with van der Waals surface area (Å²) in [7, 11) is 0. The Kier molecular flexibility index (Phi) is 8.04. The molecule has 1 heterocycles. The summed E-state index contributed by atoms with van der Waals surface area (Å²) in [5.74, 6) is -0.958. The van der Waals surface area contributed by atoms with Crippen LogP contribution in [-0.4, -0.2) is 28.2 Å². The number of hydrogen-bond donors (Lipinski definition) is 2. The van der Waals surface area contributed by atoms with E-state index in [1.807, 2.05) is 0 Å². The van der Waals surface area contributed by atoms with Gasteiger partial charge in [0.05, 0.1) is 6.21 Å². The average molecular weight is 312 g/mol. The number of nitrogens with zero attached hydrogens (tertiary/aromatic N) is 2. The molecule has 0 unspecified atom stereocenters. The number of aliphatic carboxylic acids is 1. The number of carboxylic acid groups (broad SMARTS) is 1. The highest BCUT2D eigenvalue weighted by Crippen LogP contribution is 2.08. The first kappa shape index (κ1) is 17.1. The number of hydrogen-bond acceptors (Lipinski definition) is 4. The van der Waals surface area contributed by atoms with Crippen molar-refractivity contribution >= 4 is 29.7 Å². The molecular formula is C14H18ClN3O3. The number of hydrazone groups is 1. The van der Waals surface area contributed by atoms with Gasteiger partial charge in [0.25, 0.3) is 0 Å². The number of carbonyl (C=O) groups is 2. The van der Waals surface area contributed by atoms with E-state index in [4.69, 9.17) is 16.7 Å². The molecule has 21 heavy (non-hydrogen) atoms. The number of halogens is 1. The Morgan fingerprint density at radius 3 is 2.67 bits per heavy atom. The molecule has 6 nitrogen and oxygen atoms in total. The molecule has 0 fully saturated rings. The van der Waals surface area contributed by atoms with E-state index in [-0.39, 0.29) is 12.3 Å². The normalized spacial score (nSPS) is 10.7. The van der Waals surface area contributed by atoms with Gasteiger partial charge >= 0.3 is 5.97 Å². The molecule has 1 amide bonds. The maximum Gasteiger partial charge on any atom is 0.303 e.